The quantitative estimate of drug-likeness (QED) is 0.476. The largest absolute Gasteiger partial charge is 0.327 e. The van der Waals surface area contributed by atoms with Gasteiger partial charge in [0.1, 0.15) is 13.1 Å². The molecule has 3 rings (SSSR count). The predicted octanol–water partition coefficient (Wildman–Crippen LogP) is 2.46. The molecule has 0 radical (unpaired) electrons. The number of nitrogens with one attached hydrogen (secondary N) is 1. The van der Waals surface area contributed by atoms with Gasteiger partial charge in [-0.15, -0.1) is 0 Å². The molecular formula is C21H20N3O5+. The summed E-state index contributed by atoms with van der Waals surface area (Å²) >= 11 is 0. The van der Waals surface area contributed by atoms with Gasteiger partial charge in [-0.3, -0.25) is 25.0 Å². The average molecular weight is 394 g/mol. The molecule has 0 aliphatic carbocycles. The van der Waals surface area contributed by atoms with Gasteiger partial charge in [0.05, 0.1) is 27.5 Å². The number of nitro benzene ring substituents is 2. The van der Waals surface area contributed by atoms with E-state index in [0.29, 0.717) is 35.4 Å². The Morgan fingerprint density at radius 2 is 1.34 bits per heavy atom. The zero-order valence-corrected chi connectivity index (χ0v) is 15.8. The minimum atomic E-state index is -0.470. The Hall–Kier alpha value is -3.65. The van der Waals surface area contributed by atoms with E-state index >= 15 is 0 Å². The SMILES string of the molecule is CC[NH+]1C/C(=C/c2cccc([N+](=O)[O-])c2)C(=O)/C(=C/c2cccc([N+](=O)[O-])c2)C1. The Morgan fingerprint density at radius 1 is 0.897 bits per heavy atom. The van der Waals surface area contributed by atoms with Crippen LogP contribution < -0.4 is 4.90 Å². The smallest absolute Gasteiger partial charge is 0.270 e. The van der Waals surface area contributed by atoms with Crippen LogP contribution in [0.15, 0.2) is 59.7 Å². The first kappa shape index (κ1) is 20.1. The minimum absolute atomic E-state index is 0.0327. The summed E-state index contributed by atoms with van der Waals surface area (Å²) in [7, 11) is 0. The van der Waals surface area contributed by atoms with Gasteiger partial charge < -0.3 is 4.90 Å². The fraction of sp³-hybridized carbons (Fsp3) is 0.190. The molecule has 1 fully saturated rings. The summed E-state index contributed by atoms with van der Waals surface area (Å²) in [5.74, 6) is -0.139. The maximum atomic E-state index is 13.0. The monoisotopic (exact) mass is 394 g/mol. The Balaban J connectivity index is 1.97. The van der Waals surface area contributed by atoms with Gasteiger partial charge in [-0.25, -0.2) is 0 Å². The van der Waals surface area contributed by atoms with E-state index < -0.39 is 9.85 Å². The topological polar surface area (TPSA) is 108 Å². The number of rotatable bonds is 5. The summed E-state index contributed by atoms with van der Waals surface area (Å²) in [5.41, 5.74) is 2.24. The van der Waals surface area contributed by atoms with Crippen LogP contribution >= 0.6 is 0 Å². The van der Waals surface area contributed by atoms with E-state index in [1.54, 1.807) is 36.4 Å². The van der Waals surface area contributed by atoms with E-state index in [1.807, 2.05) is 6.92 Å². The normalized spacial score (nSPS) is 19.5. The number of piperidine rings is 1. The number of carbonyl (C=O) groups is 1. The molecule has 1 heterocycles. The number of non-ortho nitro benzene ring substituents is 2. The number of Topliss-reactive ketones (excluding diaryl/α,β-unsaturated/α-hetero) is 1. The summed E-state index contributed by atoms with van der Waals surface area (Å²) < 4.78 is 0. The zero-order valence-electron chi connectivity index (χ0n) is 15.8. The number of carbonyl (C=O) groups excluding carboxylic acids is 1. The highest BCUT2D eigenvalue weighted by Crippen LogP contribution is 2.20. The lowest BCUT2D eigenvalue weighted by atomic mass is 9.94. The van der Waals surface area contributed by atoms with Crippen molar-refractivity contribution in [2.45, 2.75) is 6.92 Å². The second kappa shape index (κ2) is 8.57. The lowest BCUT2D eigenvalue weighted by Gasteiger charge is -2.25. The number of hydrogen-bond donors (Lipinski definition) is 1. The molecule has 1 N–H and O–H groups in total. The first-order valence-corrected chi connectivity index (χ1v) is 9.15. The Bertz CT molecular complexity index is 963. The molecule has 148 valence electrons. The van der Waals surface area contributed by atoms with Gasteiger partial charge in [-0.1, -0.05) is 24.3 Å². The van der Waals surface area contributed by atoms with Crippen LogP contribution in [-0.4, -0.2) is 35.3 Å². The maximum absolute atomic E-state index is 13.0. The van der Waals surface area contributed by atoms with Crippen LogP contribution in [0.3, 0.4) is 0 Å². The second-order valence-electron chi connectivity index (χ2n) is 6.83. The Labute approximate surface area is 167 Å². The van der Waals surface area contributed by atoms with Crippen molar-refractivity contribution in [3.63, 3.8) is 0 Å². The van der Waals surface area contributed by atoms with Crippen LogP contribution in [0.5, 0.6) is 0 Å². The number of likely N-dealkylation sites (N-methyl/N-ethyl adjacent to an activating group) is 1. The molecule has 1 unspecified atom stereocenters. The molecule has 2 aromatic carbocycles. The van der Waals surface area contributed by atoms with Crippen LogP contribution in [-0.2, 0) is 4.79 Å². The van der Waals surface area contributed by atoms with Crippen LogP contribution in [0.1, 0.15) is 18.1 Å². The minimum Gasteiger partial charge on any atom is -0.327 e. The van der Waals surface area contributed by atoms with Crippen LogP contribution in [0.25, 0.3) is 12.2 Å². The second-order valence-corrected chi connectivity index (χ2v) is 6.83. The number of likely N-dealkylation sites (tertiary alicyclic amines) is 1. The predicted molar refractivity (Wildman–Crippen MR) is 108 cm³/mol. The lowest BCUT2D eigenvalue weighted by molar-refractivity contribution is -0.889. The molecule has 2 aromatic rings. The fourth-order valence-corrected chi connectivity index (χ4v) is 3.31. The van der Waals surface area contributed by atoms with Crippen molar-refractivity contribution in [2.24, 2.45) is 0 Å². The van der Waals surface area contributed by atoms with Crippen molar-refractivity contribution in [2.75, 3.05) is 19.6 Å². The number of hydrogen-bond acceptors (Lipinski definition) is 5. The summed E-state index contributed by atoms with van der Waals surface area (Å²) in [6.07, 6.45) is 3.37. The summed E-state index contributed by atoms with van der Waals surface area (Å²) in [6.45, 7) is 3.85. The number of quaternary nitrogens is 1. The van der Waals surface area contributed by atoms with E-state index in [1.165, 1.54) is 24.3 Å². The van der Waals surface area contributed by atoms with Crippen LogP contribution in [0, 0.1) is 20.2 Å². The Morgan fingerprint density at radius 3 is 1.72 bits per heavy atom. The molecule has 0 saturated carbocycles. The maximum Gasteiger partial charge on any atom is 0.270 e. The van der Waals surface area contributed by atoms with Gasteiger partial charge in [-0.2, -0.15) is 0 Å². The third kappa shape index (κ3) is 4.80. The number of nitrogens with zero attached hydrogens (tertiary/aromatic N) is 2. The molecule has 1 saturated heterocycles. The van der Waals surface area contributed by atoms with Crippen LogP contribution in [0.4, 0.5) is 11.4 Å². The van der Waals surface area contributed by atoms with Gasteiger partial charge in [0.15, 0.2) is 5.78 Å². The highest BCUT2D eigenvalue weighted by atomic mass is 16.6. The molecule has 0 bridgehead atoms. The first-order chi connectivity index (χ1) is 13.9. The average Bonchev–Trinajstić information content (AvgIpc) is 2.71. The van der Waals surface area contributed by atoms with Crippen molar-refractivity contribution in [3.05, 3.63) is 91.0 Å². The number of ketones is 1. The van der Waals surface area contributed by atoms with E-state index in [0.717, 1.165) is 11.4 Å². The molecule has 0 spiro atoms. The van der Waals surface area contributed by atoms with E-state index in [9.17, 15) is 25.0 Å². The van der Waals surface area contributed by atoms with Crippen LogP contribution in [0.2, 0.25) is 0 Å². The lowest BCUT2D eigenvalue weighted by Crippen LogP contribution is -3.13. The number of nitro groups is 2. The first-order valence-electron chi connectivity index (χ1n) is 9.15. The van der Waals surface area contributed by atoms with Crippen molar-refractivity contribution in [3.8, 4) is 0 Å². The third-order valence-corrected chi connectivity index (χ3v) is 4.81. The zero-order chi connectivity index (χ0) is 21.0. The van der Waals surface area contributed by atoms with Gasteiger partial charge in [0.2, 0.25) is 0 Å². The molecule has 1 aliphatic heterocycles. The Kier molecular flexibility index (Phi) is 5.94. The molecule has 1 atom stereocenters. The molecule has 0 amide bonds. The van der Waals surface area contributed by atoms with E-state index in [2.05, 4.69) is 0 Å². The van der Waals surface area contributed by atoms with Crippen molar-refractivity contribution >= 4 is 29.3 Å². The third-order valence-electron chi connectivity index (χ3n) is 4.81. The number of benzene rings is 2. The fourth-order valence-electron chi connectivity index (χ4n) is 3.31. The molecule has 8 heteroatoms. The highest BCUT2D eigenvalue weighted by molar-refractivity contribution is 6.14. The highest BCUT2D eigenvalue weighted by Gasteiger charge is 2.28. The molecule has 1 aliphatic rings. The van der Waals surface area contributed by atoms with E-state index in [-0.39, 0.29) is 17.2 Å². The molecule has 8 nitrogen and oxygen atoms in total. The summed E-state index contributed by atoms with van der Waals surface area (Å²) in [6, 6.07) is 12.3. The molecule has 0 aromatic heterocycles. The standard InChI is InChI=1S/C21H19N3O5/c1-2-22-13-17(9-15-5-3-7-19(11-15)23(26)27)21(25)18(14-22)10-16-6-4-8-20(12-16)24(28)29/h3-12H,2,13-14H2,1H3/p+1/b17-9-,18-10+. The van der Waals surface area contributed by atoms with Crippen molar-refractivity contribution in [1.29, 1.82) is 0 Å². The molecule has 29 heavy (non-hydrogen) atoms. The van der Waals surface area contributed by atoms with E-state index in [4.69, 9.17) is 0 Å². The van der Waals surface area contributed by atoms with Gasteiger partial charge >= 0.3 is 0 Å². The van der Waals surface area contributed by atoms with Gasteiger partial charge in [0, 0.05) is 24.3 Å². The van der Waals surface area contributed by atoms with Crippen molar-refractivity contribution < 1.29 is 19.5 Å². The van der Waals surface area contributed by atoms with Gasteiger partial charge in [-0.05, 0) is 30.2 Å². The summed E-state index contributed by atoms with van der Waals surface area (Å²) in [4.78, 5) is 35.2. The van der Waals surface area contributed by atoms with Gasteiger partial charge in [0.25, 0.3) is 11.4 Å². The van der Waals surface area contributed by atoms with Crippen molar-refractivity contribution in [1.82, 2.24) is 0 Å². The summed E-state index contributed by atoms with van der Waals surface area (Å²) in [5, 5.41) is 22.0. The molecular weight excluding hydrogens is 374 g/mol.